The minimum Gasteiger partial charge on any atom is -0.338 e. The first-order chi connectivity index (χ1) is 23.4. The van der Waals surface area contributed by atoms with E-state index in [1.807, 2.05) is 12.1 Å². The van der Waals surface area contributed by atoms with E-state index in [4.69, 9.17) is 9.97 Å². The Labute approximate surface area is 307 Å². The zero-order chi connectivity index (χ0) is 33.9. The van der Waals surface area contributed by atoms with E-state index in [1.165, 1.54) is 62.7 Å². The van der Waals surface area contributed by atoms with Crippen molar-refractivity contribution in [2.75, 3.05) is 76.3 Å². The molecule has 0 N–H and O–H groups in total. The Kier molecular flexibility index (Phi) is 14.4. The Morgan fingerprint density at radius 1 is 0.562 bits per heavy atom. The Morgan fingerprint density at radius 2 is 0.979 bits per heavy atom. The van der Waals surface area contributed by atoms with Gasteiger partial charge in [-0.3, -0.25) is 0 Å². The Morgan fingerprint density at radius 3 is 1.46 bits per heavy atom. The molecule has 48 heavy (non-hydrogen) atoms. The fourth-order valence-corrected chi connectivity index (χ4v) is 23.9. The number of hydrogen-bond acceptors (Lipinski definition) is 8. The van der Waals surface area contributed by atoms with E-state index >= 15 is 0 Å². The van der Waals surface area contributed by atoms with Crippen molar-refractivity contribution < 1.29 is 0 Å². The van der Waals surface area contributed by atoms with Crippen LogP contribution in [0.15, 0.2) is 48.5 Å². The van der Waals surface area contributed by atoms with Gasteiger partial charge in [0.1, 0.15) is 3.70 Å². The van der Waals surface area contributed by atoms with Crippen LogP contribution in [0, 0.1) is 3.70 Å². The predicted molar refractivity (Wildman–Crippen MR) is 216 cm³/mol. The molecular formula is C38H57IN8Sn. The maximum absolute atomic E-state index is 5.47. The molecule has 0 amide bonds. The van der Waals surface area contributed by atoms with Gasteiger partial charge in [0.05, 0.1) is 5.52 Å². The van der Waals surface area contributed by atoms with Crippen LogP contribution in [-0.2, 0) is 0 Å². The zero-order valence-electron chi connectivity index (χ0n) is 30.1. The molecule has 2 saturated heterocycles. The maximum atomic E-state index is 5.47. The summed E-state index contributed by atoms with van der Waals surface area (Å²) in [7, 11) is 4.37. The average molecular weight is 872 g/mol. The van der Waals surface area contributed by atoms with Crippen LogP contribution in [0.1, 0.15) is 59.3 Å². The van der Waals surface area contributed by atoms with Crippen molar-refractivity contribution in [2.45, 2.75) is 72.6 Å². The number of benzene rings is 2. The minimum absolute atomic E-state index is 0.867. The molecule has 2 aliphatic heterocycles. The summed E-state index contributed by atoms with van der Waals surface area (Å²) in [6.07, 6.45) is 7.99. The number of fused-ring (bicyclic) bond motifs is 2. The van der Waals surface area contributed by atoms with Crippen LogP contribution in [0.25, 0.3) is 21.8 Å². The molecule has 6 rings (SSSR count). The van der Waals surface area contributed by atoms with Crippen molar-refractivity contribution in [1.82, 2.24) is 29.7 Å². The fraction of sp³-hybridized carbons (Fsp3) is 0.579. The molecule has 0 saturated carbocycles. The first-order valence-corrected chi connectivity index (χ1v) is 27.0. The molecule has 0 spiro atoms. The smallest absolute Gasteiger partial charge is 0.227 e. The molecule has 0 atom stereocenters. The second-order valence-corrected chi connectivity index (χ2v) is 27.9. The molecule has 2 aliphatic rings. The molecule has 4 aromatic rings. The van der Waals surface area contributed by atoms with E-state index < -0.39 is 18.4 Å². The van der Waals surface area contributed by atoms with E-state index in [0.717, 1.165) is 78.9 Å². The summed E-state index contributed by atoms with van der Waals surface area (Å²) in [5.41, 5.74) is 2.20. The van der Waals surface area contributed by atoms with Crippen LogP contribution in [0.2, 0.25) is 13.3 Å². The van der Waals surface area contributed by atoms with Crippen molar-refractivity contribution >= 4 is 78.4 Å². The molecule has 4 heterocycles. The first kappa shape index (κ1) is 37.4. The van der Waals surface area contributed by atoms with E-state index in [2.05, 4.69) is 123 Å². The standard InChI is InChI=1S/C13H15IN4.C13H15N4.3C4H9.Sn/c1-17-6-8-18(9-7-17)13-15-11-5-3-2-4-10(11)12(14)16-13;1-16-6-8-17(9-7-16)13-14-10-11-4-2-3-5-12(11)15-13;3*1-3-4-2;/h2-5H,6-9H2,1H3;2-5H,6-9H2,1H3;3*1,3-4H2,2H3;. The average Bonchev–Trinajstić information content (AvgIpc) is 3.12. The first-order valence-electron chi connectivity index (χ1n) is 18.4. The van der Waals surface area contributed by atoms with Crippen molar-refractivity contribution in [3.05, 3.63) is 52.2 Å². The van der Waals surface area contributed by atoms with Gasteiger partial charge in [-0.15, -0.1) is 0 Å². The summed E-state index contributed by atoms with van der Waals surface area (Å²) < 4.78 is 6.93. The Hall–Kier alpha value is -1.83. The largest absolute Gasteiger partial charge is 0.338 e. The van der Waals surface area contributed by atoms with Gasteiger partial charge >= 0.3 is 189 Å². The van der Waals surface area contributed by atoms with E-state index in [9.17, 15) is 0 Å². The number of halogens is 1. The number of para-hydroxylation sites is 2. The third-order valence-corrected chi connectivity index (χ3v) is 26.2. The summed E-state index contributed by atoms with van der Waals surface area (Å²) in [6.45, 7) is 15.5. The summed E-state index contributed by atoms with van der Waals surface area (Å²) in [5.74, 6) is 1.87. The second-order valence-electron chi connectivity index (χ2n) is 13.9. The van der Waals surface area contributed by atoms with E-state index in [0.29, 0.717) is 0 Å². The van der Waals surface area contributed by atoms with Gasteiger partial charge in [-0.25, -0.2) is 9.97 Å². The van der Waals surface area contributed by atoms with Gasteiger partial charge < -0.3 is 9.80 Å². The molecule has 0 aliphatic carbocycles. The van der Waals surface area contributed by atoms with Crippen LogP contribution in [0.3, 0.4) is 0 Å². The van der Waals surface area contributed by atoms with Crippen LogP contribution >= 0.6 is 22.6 Å². The van der Waals surface area contributed by atoms with Crippen LogP contribution in [-0.4, -0.2) is 115 Å². The van der Waals surface area contributed by atoms with Crippen LogP contribution < -0.4 is 13.5 Å². The topological polar surface area (TPSA) is 64.5 Å². The maximum Gasteiger partial charge on any atom is 0.227 e. The quantitative estimate of drug-likeness (QED) is 0.0829. The number of piperazine rings is 2. The second kappa shape index (κ2) is 18.4. The van der Waals surface area contributed by atoms with Gasteiger partial charge in [0.25, 0.3) is 0 Å². The third kappa shape index (κ3) is 9.48. The number of rotatable bonds is 12. The Bertz CT molecular complexity index is 1560. The van der Waals surface area contributed by atoms with Crippen LogP contribution in [0.5, 0.6) is 0 Å². The van der Waals surface area contributed by atoms with Gasteiger partial charge in [-0.1, -0.05) is 18.2 Å². The number of likely N-dealkylation sites (N-methyl/N-ethyl adjacent to an activating group) is 2. The summed E-state index contributed by atoms with van der Waals surface area (Å²) in [5, 5.41) is 2.51. The number of aromatic nitrogens is 4. The third-order valence-electron chi connectivity index (χ3n) is 10.2. The van der Waals surface area contributed by atoms with E-state index in [-0.39, 0.29) is 0 Å². The fourth-order valence-electron chi connectivity index (χ4n) is 7.07. The van der Waals surface area contributed by atoms with Crippen LogP contribution in [0.4, 0.5) is 11.9 Å². The summed E-state index contributed by atoms with van der Waals surface area (Å²) >= 11 is -0.356. The predicted octanol–water partition coefficient (Wildman–Crippen LogP) is 7.42. The Balaban J connectivity index is 0.000000212. The SMILES string of the molecule is CCC[CH2][Sn]([CH2]CCC)([CH2]CCC)[c]1nc(N2CCN(C)CC2)nc2ccccc12.CN1CCN(c2nc(I)c3ccccc3n2)CC1. The molecule has 10 heteroatoms. The van der Waals surface area contributed by atoms with Gasteiger partial charge in [0.15, 0.2) is 0 Å². The van der Waals surface area contributed by atoms with Gasteiger partial charge in [-0.05, 0) is 35.7 Å². The molecule has 260 valence electrons. The zero-order valence-corrected chi connectivity index (χ0v) is 35.1. The molecule has 2 aromatic carbocycles. The monoisotopic (exact) mass is 872 g/mol. The van der Waals surface area contributed by atoms with Crippen molar-refractivity contribution in [2.24, 2.45) is 0 Å². The summed E-state index contributed by atoms with van der Waals surface area (Å²) in [6, 6.07) is 17.1. The number of unbranched alkanes of at least 4 members (excludes halogenated alkanes) is 3. The minimum atomic E-state index is -2.65. The van der Waals surface area contributed by atoms with Crippen molar-refractivity contribution in [3.8, 4) is 0 Å². The molecule has 2 fully saturated rings. The number of hydrogen-bond donors (Lipinski definition) is 0. The number of nitrogens with zero attached hydrogens (tertiary/aromatic N) is 8. The van der Waals surface area contributed by atoms with Crippen molar-refractivity contribution in [3.63, 3.8) is 0 Å². The molecule has 0 radical (unpaired) electrons. The van der Waals surface area contributed by atoms with Crippen molar-refractivity contribution in [1.29, 1.82) is 0 Å². The molecule has 8 nitrogen and oxygen atoms in total. The van der Waals surface area contributed by atoms with Gasteiger partial charge in [0, 0.05) is 31.6 Å². The van der Waals surface area contributed by atoms with Gasteiger partial charge in [-0.2, -0.15) is 0 Å². The van der Waals surface area contributed by atoms with Gasteiger partial charge in [0.2, 0.25) is 5.95 Å². The summed E-state index contributed by atoms with van der Waals surface area (Å²) in [4.78, 5) is 29.3. The molecule has 0 bridgehead atoms. The molecular weight excluding hydrogens is 814 g/mol. The normalized spacial score (nSPS) is 16.4. The molecule has 0 unspecified atom stereocenters. The number of anilines is 2. The van der Waals surface area contributed by atoms with E-state index in [1.54, 1.807) is 3.71 Å². The molecule has 2 aromatic heterocycles.